The van der Waals surface area contributed by atoms with Crippen molar-refractivity contribution in [3.63, 3.8) is 0 Å². The molecule has 3 rings (SSSR count). The normalized spacial score (nSPS) is 10.3. The Hall–Kier alpha value is -2.84. The van der Waals surface area contributed by atoms with E-state index in [0.717, 1.165) is 10.9 Å². The zero-order chi connectivity index (χ0) is 14.8. The van der Waals surface area contributed by atoms with Gasteiger partial charge in [-0.3, -0.25) is 9.89 Å². The van der Waals surface area contributed by atoms with Crippen LogP contribution in [0.3, 0.4) is 0 Å². The molecule has 1 aromatic heterocycles. The molecule has 2 N–H and O–H groups in total. The topological polar surface area (TPSA) is 81.6 Å². The first-order chi connectivity index (χ1) is 10.2. The molecule has 3 aromatic rings. The number of hydrogen-bond acceptors (Lipinski definition) is 3. The van der Waals surface area contributed by atoms with E-state index in [0.29, 0.717) is 21.8 Å². The van der Waals surface area contributed by atoms with Crippen molar-refractivity contribution in [2.45, 2.75) is 0 Å². The summed E-state index contributed by atoms with van der Waals surface area (Å²) in [5, 5.41) is 19.8. The molecule has 0 atom stereocenters. The number of amides is 1. The summed E-state index contributed by atoms with van der Waals surface area (Å²) in [5.41, 5.74) is 1.99. The van der Waals surface area contributed by atoms with Crippen LogP contribution in [0.4, 0.5) is 5.69 Å². The van der Waals surface area contributed by atoms with Gasteiger partial charge in [-0.1, -0.05) is 17.7 Å². The zero-order valence-corrected chi connectivity index (χ0v) is 11.5. The van der Waals surface area contributed by atoms with Gasteiger partial charge in [0.25, 0.3) is 5.91 Å². The Morgan fingerprint density at radius 2 is 2.14 bits per heavy atom. The standard InChI is InChI=1S/C15H9ClN4O/c16-12-4-3-10(7-17)13(6-12)19-15(21)9-1-2-11-8-18-20-14(11)5-9/h1-6,8H,(H,18,20)(H,19,21). The summed E-state index contributed by atoms with van der Waals surface area (Å²) >= 11 is 5.89. The fourth-order valence-corrected chi connectivity index (χ4v) is 2.16. The monoisotopic (exact) mass is 296 g/mol. The van der Waals surface area contributed by atoms with Crippen LogP contribution in [0, 0.1) is 11.3 Å². The molecule has 0 unspecified atom stereocenters. The first-order valence-corrected chi connectivity index (χ1v) is 6.49. The Morgan fingerprint density at radius 3 is 2.95 bits per heavy atom. The molecule has 0 saturated heterocycles. The minimum absolute atomic E-state index is 0.315. The molecule has 2 aromatic carbocycles. The number of halogens is 1. The van der Waals surface area contributed by atoms with Gasteiger partial charge in [-0.05, 0) is 30.3 Å². The van der Waals surface area contributed by atoms with Crippen LogP contribution in [0.25, 0.3) is 10.9 Å². The summed E-state index contributed by atoms with van der Waals surface area (Å²) in [6.07, 6.45) is 1.68. The molecule has 1 heterocycles. The van der Waals surface area contributed by atoms with Crippen LogP contribution in [-0.4, -0.2) is 16.1 Å². The Bertz CT molecular complexity index is 879. The molecule has 0 radical (unpaired) electrons. The first kappa shape index (κ1) is 13.2. The third kappa shape index (κ3) is 2.57. The Labute approximate surface area is 125 Å². The third-order valence-corrected chi connectivity index (χ3v) is 3.29. The first-order valence-electron chi connectivity index (χ1n) is 6.11. The minimum Gasteiger partial charge on any atom is -0.321 e. The number of benzene rings is 2. The molecule has 0 aliphatic heterocycles. The van der Waals surface area contributed by atoms with Crippen LogP contribution in [0.2, 0.25) is 5.02 Å². The second-order valence-corrected chi connectivity index (χ2v) is 4.86. The summed E-state index contributed by atoms with van der Waals surface area (Å²) in [7, 11) is 0. The molecular formula is C15H9ClN4O. The highest BCUT2D eigenvalue weighted by Gasteiger charge is 2.10. The molecule has 0 saturated carbocycles. The fraction of sp³-hybridized carbons (Fsp3) is 0. The predicted molar refractivity (Wildman–Crippen MR) is 80.2 cm³/mol. The van der Waals surface area contributed by atoms with Gasteiger partial charge in [0, 0.05) is 16.0 Å². The summed E-state index contributed by atoms with van der Waals surface area (Å²) in [5.74, 6) is -0.315. The van der Waals surface area contributed by atoms with E-state index in [4.69, 9.17) is 16.9 Å². The highest BCUT2D eigenvalue weighted by molar-refractivity contribution is 6.31. The minimum atomic E-state index is -0.315. The number of aromatic amines is 1. The van der Waals surface area contributed by atoms with Crippen molar-refractivity contribution < 1.29 is 4.79 Å². The van der Waals surface area contributed by atoms with Crippen LogP contribution in [0.15, 0.2) is 42.6 Å². The maximum atomic E-state index is 12.3. The lowest BCUT2D eigenvalue weighted by Gasteiger charge is -2.07. The van der Waals surface area contributed by atoms with Gasteiger partial charge in [0.1, 0.15) is 6.07 Å². The van der Waals surface area contributed by atoms with Gasteiger partial charge in [-0.25, -0.2) is 0 Å². The average Bonchev–Trinajstić information content (AvgIpc) is 2.94. The van der Waals surface area contributed by atoms with Gasteiger partial charge in [0.15, 0.2) is 0 Å². The number of nitrogens with one attached hydrogen (secondary N) is 2. The smallest absolute Gasteiger partial charge is 0.255 e. The molecule has 1 amide bonds. The molecule has 5 nitrogen and oxygen atoms in total. The average molecular weight is 297 g/mol. The number of rotatable bonds is 2. The van der Waals surface area contributed by atoms with E-state index in [9.17, 15) is 4.79 Å². The lowest BCUT2D eigenvalue weighted by Crippen LogP contribution is -2.12. The largest absolute Gasteiger partial charge is 0.321 e. The highest BCUT2D eigenvalue weighted by atomic mass is 35.5. The zero-order valence-electron chi connectivity index (χ0n) is 10.7. The number of H-pyrrole nitrogens is 1. The molecular weight excluding hydrogens is 288 g/mol. The van der Waals surface area contributed by atoms with Crippen LogP contribution in [0.5, 0.6) is 0 Å². The third-order valence-electron chi connectivity index (χ3n) is 3.05. The summed E-state index contributed by atoms with van der Waals surface area (Å²) in [6.45, 7) is 0. The van der Waals surface area contributed by atoms with E-state index in [-0.39, 0.29) is 5.91 Å². The number of nitrogens with zero attached hydrogens (tertiary/aromatic N) is 2. The fourth-order valence-electron chi connectivity index (χ4n) is 1.99. The van der Waals surface area contributed by atoms with E-state index in [2.05, 4.69) is 15.5 Å². The van der Waals surface area contributed by atoms with Gasteiger partial charge >= 0.3 is 0 Å². The lowest BCUT2D eigenvalue weighted by molar-refractivity contribution is 0.102. The van der Waals surface area contributed by atoms with Crippen LogP contribution in [0.1, 0.15) is 15.9 Å². The van der Waals surface area contributed by atoms with Crippen LogP contribution in [-0.2, 0) is 0 Å². The Morgan fingerprint density at radius 1 is 1.29 bits per heavy atom. The number of carbonyl (C=O) groups is 1. The number of aromatic nitrogens is 2. The van der Waals surface area contributed by atoms with Crippen LogP contribution >= 0.6 is 11.6 Å². The van der Waals surface area contributed by atoms with E-state index in [1.54, 1.807) is 42.6 Å². The maximum absolute atomic E-state index is 12.3. The summed E-state index contributed by atoms with van der Waals surface area (Å²) in [4.78, 5) is 12.3. The van der Waals surface area contributed by atoms with E-state index in [1.807, 2.05) is 6.07 Å². The molecule has 21 heavy (non-hydrogen) atoms. The van der Waals surface area contributed by atoms with Crippen molar-refractivity contribution in [3.8, 4) is 6.07 Å². The van der Waals surface area contributed by atoms with Gasteiger partial charge < -0.3 is 5.32 Å². The van der Waals surface area contributed by atoms with Crippen molar-refractivity contribution in [2.75, 3.05) is 5.32 Å². The second-order valence-electron chi connectivity index (χ2n) is 4.43. The Balaban J connectivity index is 1.92. The summed E-state index contributed by atoms with van der Waals surface area (Å²) in [6, 6.07) is 11.9. The van der Waals surface area contributed by atoms with Crippen LogP contribution < -0.4 is 5.32 Å². The molecule has 0 aliphatic rings. The maximum Gasteiger partial charge on any atom is 0.255 e. The van der Waals surface area contributed by atoms with Gasteiger partial charge in [0.2, 0.25) is 0 Å². The van der Waals surface area contributed by atoms with Crippen molar-refractivity contribution >= 4 is 34.1 Å². The van der Waals surface area contributed by atoms with E-state index >= 15 is 0 Å². The van der Waals surface area contributed by atoms with Gasteiger partial charge in [-0.15, -0.1) is 0 Å². The lowest BCUT2D eigenvalue weighted by atomic mass is 10.1. The van der Waals surface area contributed by atoms with Gasteiger partial charge in [-0.2, -0.15) is 10.4 Å². The van der Waals surface area contributed by atoms with Crippen molar-refractivity contribution in [1.29, 1.82) is 5.26 Å². The predicted octanol–water partition coefficient (Wildman–Crippen LogP) is 3.34. The Kier molecular flexibility index (Phi) is 3.30. The number of anilines is 1. The van der Waals surface area contributed by atoms with E-state index < -0.39 is 0 Å². The van der Waals surface area contributed by atoms with E-state index in [1.165, 1.54) is 0 Å². The van der Waals surface area contributed by atoms with Crippen molar-refractivity contribution in [1.82, 2.24) is 10.2 Å². The number of carbonyl (C=O) groups excluding carboxylic acids is 1. The molecule has 0 fully saturated rings. The molecule has 0 aliphatic carbocycles. The molecule has 102 valence electrons. The SMILES string of the molecule is N#Cc1ccc(Cl)cc1NC(=O)c1ccc2cn[nH]c2c1. The molecule has 6 heteroatoms. The highest BCUT2D eigenvalue weighted by Crippen LogP contribution is 2.21. The number of hydrogen-bond donors (Lipinski definition) is 2. The van der Waals surface area contributed by atoms with Crippen molar-refractivity contribution in [3.05, 3.63) is 58.7 Å². The van der Waals surface area contributed by atoms with Crippen molar-refractivity contribution in [2.24, 2.45) is 0 Å². The summed E-state index contributed by atoms with van der Waals surface area (Å²) < 4.78 is 0. The number of nitriles is 1. The molecule has 0 spiro atoms. The quantitative estimate of drug-likeness (QED) is 0.761. The number of fused-ring (bicyclic) bond motifs is 1. The molecule has 0 bridgehead atoms. The second kappa shape index (κ2) is 5.27. The van der Waals surface area contributed by atoms with Gasteiger partial charge in [0.05, 0.1) is 23.0 Å².